The van der Waals surface area contributed by atoms with E-state index in [4.69, 9.17) is 15.3 Å². The third-order valence-electron chi connectivity index (χ3n) is 2.74. The summed E-state index contributed by atoms with van der Waals surface area (Å²) in [6, 6.07) is 11.5. The molecule has 0 spiro atoms. The van der Waals surface area contributed by atoms with Crippen LogP contribution in [0, 0.1) is 5.82 Å². The second-order valence-electron chi connectivity index (χ2n) is 4.07. The second-order valence-corrected chi connectivity index (χ2v) is 4.07. The second kappa shape index (κ2) is 6.56. The lowest BCUT2D eigenvalue weighted by molar-refractivity contribution is 0.284. The normalized spacial score (nSPS) is 10.7. The van der Waals surface area contributed by atoms with Gasteiger partial charge in [-0.2, -0.15) is 5.10 Å². The maximum Gasteiger partial charge on any atom is 0.170 e. The van der Waals surface area contributed by atoms with Crippen molar-refractivity contribution < 1.29 is 13.9 Å². The first-order valence-electron chi connectivity index (χ1n) is 6.02. The minimum absolute atomic E-state index is 0.276. The Hall–Kier alpha value is -2.56. The van der Waals surface area contributed by atoms with Gasteiger partial charge in [0.15, 0.2) is 11.5 Å². The SMILES string of the molecule is COc1cccc(C=NN)c1OCc1ccc(F)cc1. The number of para-hydroxylation sites is 1. The van der Waals surface area contributed by atoms with Crippen LogP contribution in [0.25, 0.3) is 0 Å². The van der Waals surface area contributed by atoms with E-state index >= 15 is 0 Å². The van der Waals surface area contributed by atoms with E-state index in [9.17, 15) is 4.39 Å². The van der Waals surface area contributed by atoms with E-state index in [1.807, 2.05) is 12.1 Å². The third-order valence-corrected chi connectivity index (χ3v) is 2.74. The van der Waals surface area contributed by atoms with E-state index in [2.05, 4.69) is 5.10 Å². The fraction of sp³-hybridized carbons (Fsp3) is 0.133. The Bertz CT molecular complexity index is 597. The zero-order valence-electron chi connectivity index (χ0n) is 11.0. The minimum atomic E-state index is -0.276. The smallest absolute Gasteiger partial charge is 0.170 e. The number of methoxy groups -OCH3 is 1. The van der Waals surface area contributed by atoms with Gasteiger partial charge in [0.1, 0.15) is 12.4 Å². The molecule has 0 aliphatic heterocycles. The summed E-state index contributed by atoms with van der Waals surface area (Å²) in [6.07, 6.45) is 1.49. The van der Waals surface area contributed by atoms with Crippen molar-refractivity contribution in [1.82, 2.24) is 0 Å². The van der Waals surface area contributed by atoms with E-state index in [1.165, 1.54) is 18.3 Å². The summed E-state index contributed by atoms with van der Waals surface area (Å²) in [5.41, 5.74) is 1.57. The summed E-state index contributed by atoms with van der Waals surface area (Å²) in [7, 11) is 1.56. The third kappa shape index (κ3) is 3.26. The molecule has 0 amide bonds. The number of hydrazone groups is 1. The van der Waals surface area contributed by atoms with Gasteiger partial charge in [0, 0.05) is 5.56 Å². The molecule has 2 N–H and O–H groups in total. The summed E-state index contributed by atoms with van der Waals surface area (Å²) < 4.78 is 23.8. The van der Waals surface area contributed by atoms with Gasteiger partial charge in [-0.15, -0.1) is 0 Å². The standard InChI is InChI=1S/C15H15FN2O2/c1-19-14-4-2-3-12(9-18-17)15(14)20-10-11-5-7-13(16)8-6-11/h2-9H,10,17H2,1H3. The number of benzene rings is 2. The molecule has 20 heavy (non-hydrogen) atoms. The van der Waals surface area contributed by atoms with Gasteiger partial charge in [0.2, 0.25) is 0 Å². The molecule has 2 aromatic rings. The Balaban J connectivity index is 2.21. The predicted octanol–water partition coefficient (Wildman–Crippen LogP) is 2.71. The van der Waals surface area contributed by atoms with Gasteiger partial charge >= 0.3 is 0 Å². The highest BCUT2D eigenvalue weighted by Gasteiger charge is 2.09. The predicted molar refractivity (Wildman–Crippen MR) is 75.5 cm³/mol. The molecule has 0 aliphatic carbocycles. The van der Waals surface area contributed by atoms with Crippen molar-refractivity contribution in [2.24, 2.45) is 10.9 Å². The van der Waals surface area contributed by atoms with Gasteiger partial charge in [-0.05, 0) is 29.8 Å². The van der Waals surface area contributed by atoms with Crippen LogP contribution in [0.3, 0.4) is 0 Å². The van der Waals surface area contributed by atoms with Crippen molar-refractivity contribution in [2.75, 3.05) is 7.11 Å². The Morgan fingerprint density at radius 1 is 1.20 bits per heavy atom. The average molecular weight is 274 g/mol. The molecular weight excluding hydrogens is 259 g/mol. The van der Waals surface area contributed by atoms with Crippen LogP contribution in [0.15, 0.2) is 47.6 Å². The van der Waals surface area contributed by atoms with Crippen LogP contribution in [0.5, 0.6) is 11.5 Å². The molecule has 5 heteroatoms. The fourth-order valence-electron chi connectivity index (χ4n) is 1.77. The molecule has 4 nitrogen and oxygen atoms in total. The first-order valence-corrected chi connectivity index (χ1v) is 6.02. The molecule has 2 aromatic carbocycles. The molecule has 0 fully saturated rings. The summed E-state index contributed by atoms with van der Waals surface area (Å²) >= 11 is 0. The van der Waals surface area contributed by atoms with Gasteiger partial charge in [-0.1, -0.05) is 18.2 Å². The van der Waals surface area contributed by atoms with Gasteiger partial charge in [-0.25, -0.2) is 4.39 Å². The van der Waals surface area contributed by atoms with Crippen molar-refractivity contribution in [2.45, 2.75) is 6.61 Å². The quantitative estimate of drug-likeness (QED) is 0.518. The number of rotatable bonds is 5. The minimum Gasteiger partial charge on any atom is -0.493 e. The van der Waals surface area contributed by atoms with Crippen LogP contribution in [0.4, 0.5) is 4.39 Å². The average Bonchev–Trinajstić information content (AvgIpc) is 2.47. The molecule has 0 aliphatic rings. The molecule has 0 unspecified atom stereocenters. The molecule has 0 saturated heterocycles. The number of hydrogen-bond donors (Lipinski definition) is 1. The number of hydrogen-bond acceptors (Lipinski definition) is 4. The zero-order chi connectivity index (χ0) is 14.4. The molecule has 0 aromatic heterocycles. The van der Waals surface area contributed by atoms with Gasteiger partial charge in [0.25, 0.3) is 0 Å². The van der Waals surface area contributed by atoms with E-state index in [0.717, 1.165) is 5.56 Å². The number of nitrogens with zero attached hydrogens (tertiary/aromatic N) is 1. The van der Waals surface area contributed by atoms with Crippen molar-refractivity contribution >= 4 is 6.21 Å². The molecule has 0 atom stereocenters. The van der Waals surface area contributed by atoms with Crippen molar-refractivity contribution in [3.8, 4) is 11.5 Å². The zero-order valence-corrected chi connectivity index (χ0v) is 11.0. The van der Waals surface area contributed by atoms with Crippen molar-refractivity contribution in [3.63, 3.8) is 0 Å². The van der Waals surface area contributed by atoms with E-state index in [0.29, 0.717) is 23.7 Å². The maximum absolute atomic E-state index is 12.8. The van der Waals surface area contributed by atoms with Gasteiger partial charge < -0.3 is 15.3 Å². The Labute approximate surface area is 116 Å². The highest BCUT2D eigenvalue weighted by Crippen LogP contribution is 2.30. The highest BCUT2D eigenvalue weighted by atomic mass is 19.1. The van der Waals surface area contributed by atoms with Gasteiger partial charge in [-0.3, -0.25) is 0 Å². The van der Waals surface area contributed by atoms with Crippen LogP contribution < -0.4 is 15.3 Å². The molecule has 0 saturated carbocycles. The largest absolute Gasteiger partial charge is 0.493 e. The number of ether oxygens (including phenoxy) is 2. The molecule has 0 bridgehead atoms. The van der Waals surface area contributed by atoms with E-state index in [-0.39, 0.29) is 5.82 Å². The summed E-state index contributed by atoms with van der Waals surface area (Å²) in [4.78, 5) is 0. The molecular formula is C15H15FN2O2. The molecule has 0 radical (unpaired) electrons. The van der Waals surface area contributed by atoms with Crippen LogP contribution in [0.2, 0.25) is 0 Å². The fourth-order valence-corrected chi connectivity index (χ4v) is 1.77. The Morgan fingerprint density at radius 2 is 1.95 bits per heavy atom. The molecule has 104 valence electrons. The summed E-state index contributed by atoms with van der Waals surface area (Å²) in [5.74, 6) is 6.04. The lowest BCUT2D eigenvalue weighted by Gasteiger charge is -2.13. The lowest BCUT2D eigenvalue weighted by atomic mass is 10.2. The first kappa shape index (κ1) is 13.9. The van der Waals surface area contributed by atoms with E-state index in [1.54, 1.807) is 25.3 Å². The van der Waals surface area contributed by atoms with Crippen LogP contribution in [-0.2, 0) is 6.61 Å². The van der Waals surface area contributed by atoms with Gasteiger partial charge in [0.05, 0.1) is 13.3 Å². The lowest BCUT2D eigenvalue weighted by Crippen LogP contribution is -2.01. The molecule has 0 heterocycles. The molecule has 2 rings (SSSR count). The Morgan fingerprint density at radius 3 is 2.60 bits per heavy atom. The van der Waals surface area contributed by atoms with Crippen LogP contribution in [0.1, 0.15) is 11.1 Å². The number of nitrogens with two attached hydrogens (primary N) is 1. The van der Waals surface area contributed by atoms with E-state index < -0.39 is 0 Å². The highest BCUT2D eigenvalue weighted by molar-refractivity contribution is 5.84. The monoisotopic (exact) mass is 274 g/mol. The Kier molecular flexibility index (Phi) is 4.55. The maximum atomic E-state index is 12.8. The van der Waals surface area contributed by atoms with Crippen LogP contribution in [-0.4, -0.2) is 13.3 Å². The van der Waals surface area contributed by atoms with Crippen molar-refractivity contribution in [3.05, 3.63) is 59.4 Å². The first-order chi connectivity index (χ1) is 9.74. The van der Waals surface area contributed by atoms with Crippen LogP contribution >= 0.6 is 0 Å². The number of halogens is 1. The summed E-state index contributed by atoms with van der Waals surface area (Å²) in [5, 5.41) is 3.50. The topological polar surface area (TPSA) is 56.8 Å². The summed E-state index contributed by atoms with van der Waals surface area (Å²) in [6.45, 7) is 0.298. The van der Waals surface area contributed by atoms with Crippen molar-refractivity contribution in [1.29, 1.82) is 0 Å².